The average molecular weight is 392 g/mol. The molecule has 27 heavy (non-hydrogen) atoms. The van der Waals surface area contributed by atoms with Gasteiger partial charge in [-0.1, -0.05) is 36.4 Å². The first-order valence-electron chi connectivity index (χ1n) is 8.17. The summed E-state index contributed by atoms with van der Waals surface area (Å²) in [6.45, 7) is 1.44. The molecule has 0 aliphatic rings. The van der Waals surface area contributed by atoms with Crippen molar-refractivity contribution in [3.8, 4) is 11.5 Å². The number of aliphatic carboxylic acids is 1. The number of rotatable bonds is 9. The lowest BCUT2D eigenvalue weighted by atomic mass is 10.2. The van der Waals surface area contributed by atoms with Gasteiger partial charge < -0.3 is 25.2 Å². The molecule has 0 saturated heterocycles. The second-order valence-corrected chi connectivity index (χ2v) is 7.96. The maximum absolute atomic E-state index is 13.4. The molecule has 1 amide bonds. The highest BCUT2D eigenvalue weighted by Gasteiger charge is 2.38. The van der Waals surface area contributed by atoms with E-state index in [1.807, 2.05) is 0 Å². The molecule has 0 radical (unpaired) electrons. The number of carboxylic acids is 1. The van der Waals surface area contributed by atoms with Crippen LogP contribution < -0.4 is 20.1 Å². The molecule has 0 heterocycles. The van der Waals surface area contributed by atoms with Crippen molar-refractivity contribution in [1.29, 1.82) is 0 Å². The summed E-state index contributed by atoms with van der Waals surface area (Å²) in [6.07, 6.45) is -0.554. The van der Waals surface area contributed by atoms with Gasteiger partial charge in [0.05, 0.1) is 12.5 Å². The molecule has 9 heteroatoms. The third-order valence-electron chi connectivity index (χ3n) is 3.51. The Morgan fingerprint density at radius 3 is 1.89 bits per heavy atom. The summed E-state index contributed by atoms with van der Waals surface area (Å²) in [5.41, 5.74) is 5.55. The third-order valence-corrected chi connectivity index (χ3v) is 5.52. The summed E-state index contributed by atoms with van der Waals surface area (Å²) in [6, 6.07) is 15.5. The molecule has 144 valence electrons. The number of hydrogen-bond donors (Lipinski definition) is 3. The van der Waals surface area contributed by atoms with Crippen LogP contribution in [0.4, 0.5) is 0 Å². The summed E-state index contributed by atoms with van der Waals surface area (Å²) in [7, 11) is -3.92. The molecule has 4 N–H and O–H groups in total. The summed E-state index contributed by atoms with van der Waals surface area (Å²) in [5.74, 6) is -2.46. The van der Waals surface area contributed by atoms with Gasteiger partial charge in [0.15, 0.2) is 5.78 Å². The number of carbonyl (C=O) groups is 2. The monoisotopic (exact) mass is 392 g/mol. The zero-order chi connectivity index (χ0) is 19.9. The van der Waals surface area contributed by atoms with Gasteiger partial charge in [-0.3, -0.25) is 9.59 Å². The Labute approximate surface area is 156 Å². The van der Waals surface area contributed by atoms with Crippen molar-refractivity contribution >= 4 is 19.5 Å². The first kappa shape index (κ1) is 20.5. The average Bonchev–Trinajstić information content (AvgIpc) is 2.62. The Morgan fingerprint density at radius 2 is 1.48 bits per heavy atom. The quantitative estimate of drug-likeness (QED) is 0.560. The molecule has 0 unspecified atom stereocenters. The van der Waals surface area contributed by atoms with Crippen LogP contribution in [0.5, 0.6) is 11.5 Å². The van der Waals surface area contributed by atoms with Crippen LogP contribution in [0.15, 0.2) is 60.7 Å². The van der Waals surface area contributed by atoms with Gasteiger partial charge in [0.1, 0.15) is 11.5 Å². The minimum atomic E-state index is -3.92. The van der Waals surface area contributed by atoms with Crippen LogP contribution in [0, 0.1) is 0 Å². The molecule has 0 bridgehead atoms. The van der Waals surface area contributed by atoms with Gasteiger partial charge in [-0.05, 0) is 31.2 Å². The second kappa shape index (κ2) is 9.21. The minimum Gasteiger partial charge on any atom is -0.481 e. The van der Waals surface area contributed by atoms with Gasteiger partial charge in [0.2, 0.25) is 5.91 Å². The standard InChI is InChI=1S/C18H21N2O6P/c1-13(20-18(23)16(19)12-17(21)22)27(24,25-14-8-4-2-5-9-14)26-15-10-6-3-7-11-15/h2-11,13,16H,12,19H2,1H3,(H,20,23)(H,21,22)/t13-,16+/m1/s1. The molecule has 2 aromatic carbocycles. The summed E-state index contributed by atoms with van der Waals surface area (Å²) >= 11 is 0. The largest absolute Gasteiger partial charge is 0.481 e. The Balaban J connectivity index is 2.21. The number of carbonyl (C=O) groups excluding carboxylic acids is 1. The van der Waals surface area contributed by atoms with Gasteiger partial charge >= 0.3 is 13.6 Å². The highest BCUT2D eigenvalue weighted by atomic mass is 31.2. The number of para-hydroxylation sites is 2. The van der Waals surface area contributed by atoms with Crippen molar-refractivity contribution in [1.82, 2.24) is 5.32 Å². The van der Waals surface area contributed by atoms with E-state index in [2.05, 4.69) is 5.32 Å². The number of nitrogens with one attached hydrogen (secondary N) is 1. The first-order chi connectivity index (χ1) is 12.8. The lowest BCUT2D eigenvalue weighted by Gasteiger charge is -2.26. The van der Waals surface area contributed by atoms with E-state index in [1.54, 1.807) is 60.7 Å². The van der Waals surface area contributed by atoms with Crippen LogP contribution in [0.2, 0.25) is 0 Å². The van der Waals surface area contributed by atoms with Gasteiger partial charge in [-0.15, -0.1) is 0 Å². The molecule has 2 atom stereocenters. The normalized spacial score (nSPS) is 13.3. The Morgan fingerprint density at radius 1 is 1.04 bits per heavy atom. The van der Waals surface area contributed by atoms with Crippen molar-refractivity contribution in [3.63, 3.8) is 0 Å². The predicted molar refractivity (Wildman–Crippen MR) is 99.6 cm³/mol. The number of carboxylic acid groups (broad SMARTS) is 1. The SMILES string of the molecule is C[C@H](NC(=O)[C@@H](N)CC(=O)O)P(=O)(Oc1ccccc1)Oc1ccccc1. The second-order valence-electron chi connectivity index (χ2n) is 5.74. The van der Waals surface area contributed by atoms with E-state index in [-0.39, 0.29) is 0 Å². The van der Waals surface area contributed by atoms with E-state index in [0.29, 0.717) is 11.5 Å². The van der Waals surface area contributed by atoms with Crippen LogP contribution in [0.3, 0.4) is 0 Å². The van der Waals surface area contributed by atoms with Crippen molar-refractivity contribution in [2.24, 2.45) is 5.73 Å². The fraction of sp³-hybridized carbons (Fsp3) is 0.222. The van der Waals surface area contributed by atoms with E-state index in [1.165, 1.54) is 6.92 Å². The zero-order valence-corrected chi connectivity index (χ0v) is 15.5. The molecule has 8 nitrogen and oxygen atoms in total. The molecular weight excluding hydrogens is 371 g/mol. The molecule has 0 fully saturated rings. The molecule has 0 spiro atoms. The fourth-order valence-corrected chi connectivity index (χ4v) is 3.58. The number of hydrogen-bond acceptors (Lipinski definition) is 6. The predicted octanol–water partition coefficient (Wildman–Crippen LogP) is 2.60. The van der Waals surface area contributed by atoms with E-state index >= 15 is 0 Å². The van der Waals surface area contributed by atoms with Crippen molar-refractivity contribution in [2.75, 3.05) is 0 Å². The number of amides is 1. The molecule has 0 saturated carbocycles. The topological polar surface area (TPSA) is 128 Å². The number of nitrogens with two attached hydrogens (primary N) is 1. The Hall–Kier alpha value is -2.83. The van der Waals surface area contributed by atoms with Gasteiger partial charge in [0.25, 0.3) is 0 Å². The lowest BCUT2D eigenvalue weighted by molar-refractivity contribution is -0.139. The first-order valence-corrected chi connectivity index (χ1v) is 9.78. The van der Waals surface area contributed by atoms with Crippen LogP contribution >= 0.6 is 7.60 Å². The lowest BCUT2D eigenvalue weighted by Crippen LogP contribution is -2.46. The fourth-order valence-electron chi connectivity index (χ4n) is 2.11. The van der Waals surface area contributed by atoms with E-state index in [0.717, 1.165) is 0 Å². The zero-order valence-electron chi connectivity index (χ0n) is 14.6. The van der Waals surface area contributed by atoms with Gasteiger partial charge in [0, 0.05) is 0 Å². The van der Waals surface area contributed by atoms with Crippen LogP contribution in [-0.4, -0.2) is 28.8 Å². The maximum Gasteiger partial charge on any atom is 0.452 e. The molecular formula is C18H21N2O6P. The summed E-state index contributed by atoms with van der Waals surface area (Å²) in [4.78, 5) is 22.8. The molecule has 0 aromatic heterocycles. The maximum atomic E-state index is 13.4. The third kappa shape index (κ3) is 6.13. The van der Waals surface area contributed by atoms with E-state index < -0.39 is 37.7 Å². The van der Waals surface area contributed by atoms with Crippen LogP contribution in [-0.2, 0) is 14.2 Å². The smallest absolute Gasteiger partial charge is 0.452 e. The highest BCUT2D eigenvalue weighted by molar-refractivity contribution is 7.55. The molecule has 2 aromatic rings. The van der Waals surface area contributed by atoms with Gasteiger partial charge in [-0.2, -0.15) is 0 Å². The van der Waals surface area contributed by atoms with E-state index in [4.69, 9.17) is 19.9 Å². The van der Waals surface area contributed by atoms with E-state index in [9.17, 15) is 14.2 Å². The molecule has 0 aliphatic heterocycles. The van der Waals surface area contributed by atoms with Crippen molar-refractivity contribution in [2.45, 2.75) is 25.2 Å². The highest BCUT2D eigenvalue weighted by Crippen LogP contribution is 2.51. The van der Waals surface area contributed by atoms with Crippen LogP contribution in [0.25, 0.3) is 0 Å². The van der Waals surface area contributed by atoms with Crippen molar-refractivity contribution < 1.29 is 28.3 Å². The van der Waals surface area contributed by atoms with Gasteiger partial charge in [-0.25, -0.2) is 4.57 Å². The minimum absolute atomic E-state index is 0.299. The summed E-state index contributed by atoms with van der Waals surface area (Å²) in [5, 5.41) is 11.2. The molecule has 2 rings (SSSR count). The Bertz CT molecular complexity index is 770. The Kier molecular flexibility index (Phi) is 6.98. The van der Waals surface area contributed by atoms with Crippen molar-refractivity contribution in [3.05, 3.63) is 60.7 Å². The summed E-state index contributed by atoms with van der Waals surface area (Å²) < 4.78 is 24.6. The number of benzene rings is 2. The molecule has 0 aliphatic carbocycles. The van der Waals surface area contributed by atoms with Crippen LogP contribution in [0.1, 0.15) is 13.3 Å².